The SMILES string of the molecule is CNc1nc(C(OC)C2CC2)ncc1I. The number of halogens is 1. The Bertz CT molecular complexity index is 355. The zero-order valence-corrected chi connectivity index (χ0v) is 11.0. The number of nitrogens with zero attached hydrogens (tertiary/aromatic N) is 2. The quantitative estimate of drug-likeness (QED) is 0.865. The lowest BCUT2D eigenvalue weighted by atomic mass is 10.2. The van der Waals surface area contributed by atoms with Crippen molar-refractivity contribution in [1.82, 2.24) is 9.97 Å². The van der Waals surface area contributed by atoms with Crippen LogP contribution in [-0.2, 0) is 4.74 Å². The average molecular weight is 319 g/mol. The topological polar surface area (TPSA) is 47.0 Å². The van der Waals surface area contributed by atoms with Crippen molar-refractivity contribution in [2.24, 2.45) is 5.92 Å². The lowest BCUT2D eigenvalue weighted by Crippen LogP contribution is -2.10. The zero-order chi connectivity index (χ0) is 10.8. The maximum atomic E-state index is 5.44. The van der Waals surface area contributed by atoms with Crippen molar-refractivity contribution in [3.8, 4) is 0 Å². The first-order valence-corrected chi connectivity index (χ1v) is 6.07. The summed E-state index contributed by atoms with van der Waals surface area (Å²) in [6.45, 7) is 0. The molecule has 1 heterocycles. The minimum atomic E-state index is 0.0640. The molecule has 0 saturated heterocycles. The van der Waals surface area contributed by atoms with Crippen LogP contribution in [0, 0.1) is 9.49 Å². The van der Waals surface area contributed by atoms with E-state index in [1.807, 2.05) is 13.2 Å². The van der Waals surface area contributed by atoms with E-state index in [9.17, 15) is 0 Å². The van der Waals surface area contributed by atoms with Crippen LogP contribution in [0.2, 0.25) is 0 Å². The Labute approximate surface area is 103 Å². The molecular formula is C10H14IN3O. The van der Waals surface area contributed by atoms with Crippen LogP contribution in [0.4, 0.5) is 5.82 Å². The summed E-state index contributed by atoms with van der Waals surface area (Å²) in [7, 11) is 3.59. The van der Waals surface area contributed by atoms with E-state index < -0.39 is 0 Å². The standard InChI is InChI=1S/C10H14IN3O/c1-12-9-7(11)5-13-10(14-9)8(15-2)6-3-4-6/h5-6,8H,3-4H2,1-2H3,(H,12,13,14). The minimum absolute atomic E-state index is 0.0640. The van der Waals surface area contributed by atoms with Gasteiger partial charge in [-0.3, -0.25) is 0 Å². The summed E-state index contributed by atoms with van der Waals surface area (Å²) in [5.74, 6) is 2.29. The van der Waals surface area contributed by atoms with Crippen LogP contribution in [0.25, 0.3) is 0 Å². The Morgan fingerprint density at radius 1 is 1.60 bits per heavy atom. The molecule has 0 aliphatic heterocycles. The molecule has 1 aliphatic rings. The molecule has 0 spiro atoms. The van der Waals surface area contributed by atoms with E-state index in [0.29, 0.717) is 5.92 Å². The van der Waals surface area contributed by atoms with E-state index >= 15 is 0 Å². The molecule has 1 aliphatic carbocycles. The van der Waals surface area contributed by atoms with Crippen molar-refractivity contribution in [2.75, 3.05) is 19.5 Å². The van der Waals surface area contributed by atoms with Crippen molar-refractivity contribution in [1.29, 1.82) is 0 Å². The van der Waals surface area contributed by atoms with Crippen molar-refractivity contribution < 1.29 is 4.74 Å². The molecule has 1 N–H and O–H groups in total. The molecule has 0 aromatic carbocycles. The summed E-state index contributed by atoms with van der Waals surface area (Å²) < 4.78 is 6.48. The first kappa shape index (κ1) is 11.1. The zero-order valence-electron chi connectivity index (χ0n) is 8.83. The third kappa shape index (κ3) is 2.39. The molecule has 4 nitrogen and oxygen atoms in total. The number of hydrogen-bond donors (Lipinski definition) is 1. The van der Waals surface area contributed by atoms with Gasteiger partial charge in [0.05, 0.1) is 3.57 Å². The highest BCUT2D eigenvalue weighted by atomic mass is 127. The van der Waals surface area contributed by atoms with Crippen LogP contribution >= 0.6 is 22.6 Å². The third-order valence-corrected chi connectivity index (χ3v) is 3.35. The predicted octanol–water partition coefficient (Wildman–Crippen LogP) is 2.22. The fourth-order valence-corrected chi connectivity index (χ4v) is 2.13. The van der Waals surface area contributed by atoms with Crippen molar-refractivity contribution in [3.05, 3.63) is 15.6 Å². The van der Waals surface area contributed by atoms with Gasteiger partial charge >= 0.3 is 0 Å². The molecule has 1 saturated carbocycles. The van der Waals surface area contributed by atoms with E-state index in [1.54, 1.807) is 7.11 Å². The highest BCUT2D eigenvalue weighted by molar-refractivity contribution is 14.1. The Morgan fingerprint density at radius 3 is 2.87 bits per heavy atom. The van der Waals surface area contributed by atoms with Crippen LogP contribution in [0.5, 0.6) is 0 Å². The molecule has 82 valence electrons. The van der Waals surface area contributed by atoms with Gasteiger partial charge in [0.1, 0.15) is 11.9 Å². The second-order valence-corrected chi connectivity index (χ2v) is 4.83. The molecule has 1 atom stereocenters. The summed E-state index contributed by atoms with van der Waals surface area (Å²) in [5.41, 5.74) is 0. The summed E-state index contributed by atoms with van der Waals surface area (Å²) >= 11 is 2.22. The van der Waals surface area contributed by atoms with Gasteiger partial charge in [-0.1, -0.05) is 0 Å². The predicted molar refractivity (Wildman–Crippen MR) is 66.8 cm³/mol. The fraction of sp³-hybridized carbons (Fsp3) is 0.600. The van der Waals surface area contributed by atoms with Crippen LogP contribution in [0.1, 0.15) is 24.8 Å². The van der Waals surface area contributed by atoms with E-state index in [4.69, 9.17) is 4.74 Å². The number of anilines is 1. The minimum Gasteiger partial charge on any atom is -0.373 e. The average Bonchev–Trinajstić information content (AvgIpc) is 3.06. The highest BCUT2D eigenvalue weighted by Crippen LogP contribution is 2.42. The van der Waals surface area contributed by atoms with Crippen molar-refractivity contribution in [2.45, 2.75) is 18.9 Å². The Balaban J connectivity index is 2.26. The van der Waals surface area contributed by atoms with E-state index in [2.05, 4.69) is 37.9 Å². The number of rotatable bonds is 4. The van der Waals surface area contributed by atoms with Crippen LogP contribution in [0.15, 0.2) is 6.20 Å². The Morgan fingerprint density at radius 2 is 2.33 bits per heavy atom. The van der Waals surface area contributed by atoms with Gasteiger partial charge in [-0.15, -0.1) is 0 Å². The van der Waals surface area contributed by atoms with E-state index in [-0.39, 0.29) is 6.10 Å². The van der Waals surface area contributed by atoms with Gasteiger partial charge in [0.15, 0.2) is 5.82 Å². The molecule has 1 aromatic rings. The van der Waals surface area contributed by atoms with Gasteiger partial charge in [-0.2, -0.15) is 0 Å². The van der Waals surface area contributed by atoms with Gasteiger partial charge < -0.3 is 10.1 Å². The summed E-state index contributed by atoms with van der Waals surface area (Å²) in [6.07, 6.45) is 4.35. The maximum Gasteiger partial charge on any atom is 0.159 e. The van der Waals surface area contributed by atoms with Gasteiger partial charge in [-0.05, 0) is 41.4 Å². The molecule has 1 unspecified atom stereocenters. The summed E-state index contributed by atoms with van der Waals surface area (Å²) in [6, 6.07) is 0. The number of methoxy groups -OCH3 is 1. The van der Waals surface area contributed by atoms with Crippen LogP contribution in [-0.4, -0.2) is 24.1 Å². The van der Waals surface area contributed by atoms with Crippen molar-refractivity contribution >= 4 is 28.4 Å². The summed E-state index contributed by atoms with van der Waals surface area (Å²) in [5, 5.41) is 3.06. The van der Waals surface area contributed by atoms with Gasteiger partial charge in [-0.25, -0.2) is 9.97 Å². The second kappa shape index (κ2) is 4.61. The lowest BCUT2D eigenvalue weighted by molar-refractivity contribution is 0.0773. The molecule has 15 heavy (non-hydrogen) atoms. The van der Waals surface area contributed by atoms with E-state index in [1.165, 1.54) is 12.8 Å². The number of aromatic nitrogens is 2. The first-order chi connectivity index (χ1) is 7.26. The largest absolute Gasteiger partial charge is 0.373 e. The number of nitrogens with one attached hydrogen (secondary N) is 1. The monoisotopic (exact) mass is 319 g/mol. The maximum absolute atomic E-state index is 5.44. The molecule has 0 radical (unpaired) electrons. The van der Waals surface area contributed by atoms with Gasteiger partial charge in [0, 0.05) is 20.4 Å². The molecular weight excluding hydrogens is 305 g/mol. The first-order valence-electron chi connectivity index (χ1n) is 4.99. The third-order valence-electron chi connectivity index (χ3n) is 2.56. The molecule has 1 fully saturated rings. The molecule has 5 heteroatoms. The number of ether oxygens (including phenoxy) is 1. The van der Waals surface area contributed by atoms with Crippen molar-refractivity contribution in [3.63, 3.8) is 0 Å². The lowest BCUT2D eigenvalue weighted by Gasteiger charge is -2.14. The normalized spacial score (nSPS) is 17.5. The fourth-order valence-electron chi connectivity index (χ4n) is 1.60. The summed E-state index contributed by atoms with van der Waals surface area (Å²) in [4.78, 5) is 8.80. The van der Waals surface area contributed by atoms with Crippen LogP contribution in [0.3, 0.4) is 0 Å². The smallest absolute Gasteiger partial charge is 0.159 e. The van der Waals surface area contributed by atoms with Crippen LogP contribution < -0.4 is 5.32 Å². The Kier molecular flexibility index (Phi) is 3.40. The van der Waals surface area contributed by atoms with Gasteiger partial charge in [0.2, 0.25) is 0 Å². The molecule has 1 aromatic heterocycles. The van der Waals surface area contributed by atoms with E-state index in [0.717, 1.165) is 15.2 Å². The molecule has 2 rings (SSSR count). The highest BCUT2D eigenvalue weighted by Gasteiger charge is 2.34. The molecule has 0 bridgehead atoms. The second-order valence-electron chi connectivity index (χ2n) is 3.67. The molecule has 0 amide bonds. The van der Waals surface area contributed by atoms with Gasteiger partial charge in [0.25, 0.3) is 0 Å². The number of hydrogen-bond acceptors (Lipinski definition) is 4. The Hall–Kier alpha value is -0.430.